The van der Waals surface area contributed by atoms with Gasteiger partial charge in [0, 0.05) is 12.1 Å². The first-order valence-electron chi connectivity index (χ1n) is 8.26. The van der Waals surface area contributed by atoms with Gasteiger partial charge in [0.05, 0.1) is 23.8 Å². The number of hydrogen-bond donors (Lipinski definition) is 1. The summed E-state index contributed by atoms with van der Waals surface area (Å²) in [5.74, 6) is 0.649. The van der Waals surface area contributed by atoms with Crippen molar-refractivity contribution in [3.05, 3.63) is 48.0 Å². The Bertz CT molecular complexity index is 727. The maximum absolute atomic E-state index is 5.84. The first-order valence-corrected chi connectivity index (χ1v) is 8.67. The Labute approximate surface area is 148 Å². The van der Waals surface area contributed by atoms with Crippen LogP contribution in [0.4, 0.5) is 0 Å². The molecule has 0 aliphatic rings. The van der Waals surface area contributed by atoms with Gasteiger partial charge in [0.25, 0.3) is 0 Å². The van der Waals surface area contributed by atoms with Crippen LogP contribution in [-0.4, -0.2) is 27.5 Å². The average molecular weight is 344 g/mol. The number of ether oxygens (including phenoxy) is 1. The summed E-state index contributed by atoms with van der Waals surface area (Å²) in [5.41, 5.74) is 0.940. The summed E-state index contributed by atoms with van der Waals surface area (Å²) in [4.78, 5) is 4.42. The number of nitrogens with zero attached hydrogens (tertiary/aromatic N) is 3. The van der Waals surface area contributed by atoms with Crippen molar-refractivity contribution >= 4 is 17.3 Å². The van der Waals surface area contributed by atoms with Crippen LogP contribution in [0.3, 0.4) is 0 Å². The Morgan fingerprint density at radius 1 is 1.33 bits per heavy atom. The molecule has 0 aliphatic carbocycles. The van der Waals surface area contributed by atoms with Crippen LogP contribution in [0, 0.1) is 0 Å². The first-order chi connectivity index (χ1) is 11.6. The number of nitrogens with one attached hydrogen (secondary N) is 1. The Kier molecular flexibility index (Phi) is 6.93. The van der Waals surface area contributed by atoms with Crippen molar-refractivity contribution in [2.75, 3.05) is 6.61 Å². The molecule has 1 unspecified atom stereocenters. The predicted molar refractivity (Wildman–Crippen MR) is 100 cm³/mol. The molecule has 1 heterocycles. The summed E-state index contributed by atoms with van der Waals surface area (Å²) in [6.07, 6.45) is 3.60. The van der Waals surface area contributed by atoms with Gasteiger partial charge < -0.3 is 10.1 Å². The minimum atomic E-state index is 0.294. The van der Waals surface area contributed by atoms with Crippen LogP contribution in [-0.2, 0) is 0 Å². The number of thiocarbonyl (C=S) groups is 1. The van der Waals surface area contributed by atoms with Gasteiger partial charge in [-0.3, -0.25) is 0 Å². The highest BCUT2D eigenvalue weighted by molar-refractivity contribution is 7.80. The molecule has 0 radical (unpaired) electrons. The lowest BCUT2D eigenvalue weighted by molar-refractivity contribution is 0.291. The third-order valence-corrected chi connectivity index (χ3v) is 3.66. The molecule has 0 spiro atoms. The molecule has 0 aliphatic heterocycles. The Morgan fingerprint density at radius 2 is 2.08 bits per heavy atom. The van der Waals surface area contributed by atoms with E-state index in [-0.39, 0.29) is 0 Å². The summed E-state index contributed by atoms with van der Waals surface area (Å²) in [5, 5.41) is 8.78. The zero-order chi connectivity index (χ0) is 17.4. The van der Waals surface area contributed by atoms with E-state index in [2.05, 4.69) is 36.2 Å². The average Bonchev–Trinajstić information content (AvgIpc) is 2.60. The topological polar surface area (TPSA) is 51.4 Å². The second kappa shape index (κ2) is 9.17. The van der Waals surface area contributed by atoms with E-state index in [1.165, 1.54) is 0 Å². The first kappa shape index (κ1) is 18.1. The fourth-order valence-electron chi connectivity index (χ4n) is 1.99. The molecule has 6 heteroatoms. The monoisotopic (exact) mass is 344 g/mol. The standard InChI is InChI=1S/C18H24N4OS/c1-4-11-23-17-12-15(21-18(24)20-14(3)5-2)13-19-22(17)16-9-7-6-8-10-16/h6-10,12-14H,4-5,11H2,1-3H3,(H,20,24). The van der Waals surface area contributed by atoms with E-state index in [9.17, 15) is 0 Å². The van der Waals surface area contributed by atoms with Gasteiger partial charge in [0.15, 0.2) is 5.11 Å². The second-order valence-corrected chi connectivity index (χ2v) is 5.91. The van der Waals surface area contributed by atoms with Crippen LogP contribution in [0.2, 0.25) is 0 Å². The Hall–Kier alpha value is -2.21. The van der Waals surface area contributed by atoms with Gasteiger partial charge in [-0.05, 0) is 44.1 Å². The summed E-state index contributed by atoms with van der Waals surface area (Å²) < 4.78 is 7.61. The maximum Gasteiger partial charge on any atom is 0.217 e. The summed E-state index contributed by atoms with van der Waals surface area (Å²) in [6.45, 7) is 6.86. The molecule has 2 rings (SSSR count). The smallest absolute Gasteiger partial charge is 0.217 e. The van der Waals surface area contributed by atoms with E-state index in [1.807, 2.05) is 36.4 Å². The fraction of sp³-hybridized carbons (Fsp3) is 0.389. The summed E-state index contributed by atoms with van der Waals surface area (Å²) in [7, 11) is 0. The van der Waals surface area contributed by atoms with Crippen molar-refractivity contribution in [3.63, 3.8) is 0 Å². The lowest BCUT2D eigenvalue weighted by Gasteiger charge is -2.13. The molecular weight excluding hydrogens is 320 g/mol. The third kappa shape index (κ3) is 5.16. The van der Waals surface area contributed by atoms with Crippen LogP contribution in [0.1, 0.15) is 33.6 Å². The normalized spacial score (nSPS) is 12.7. The second-order valence-electron chi connectivity index (χ2n) is 5.52. The third-order valence-electron chi connectivity index (χ3n) is 3.45. The SMILES string of the molecule is CCCOc1cc(=NC(=S)NC(C)CC)cnn1-c1ccccc1. The van der Waals surface area contributed by atoms with E-state index >= 15 is 0 Å². The molecule has 24 heavy (non-hydrogen) atoms. The number of hydrogen-bond acceptors (Lipinski definition) is 3. The lowest BCUT2D eigenvalue weighted by Crippen LogP contribution is -2.30. The van der Waals surface area contributed by atoms with E-state index in [0.717, 1.165) is 18.5 Å². The maximum atomic E-state index is 5.84. The van der Waals surface area contributed by atoms with Crippen molar-refractivity contribution in [1.82, 2.24) is 15.1 Å². The van der Waals surface area contributed by atoms with Gasteiger partial charge in [-0.2, -0.15) is 5.10 Å². The van der Waals surface area contributed by atoms with Gasteiger partial charge in [-0.25, -0.2) is 9.67 Å². The van der Waals surface area contributed by atoms with E-state index in [0.29, 0.717) is 29.0 Å². The van der Waals surface area contributed by atoms with Gasteiger partial charge in [-0.1, -0.05) is 32.0 Å². The largest absolute Gasteiger partial charge is 0.478 e. The molecule has 0 amide bonds. The van der Waals surface area contributed by atoms with Crippen molar-refractivity contribution in [2.24, 2.45) is 4.99 Å². The number of aromatic nitrogens is 2. The van der Waals surface area contributed by atoms with E-state index in [1.54, 1.807) is 10.9 Å². The molecule has 1 aromatic carbocycles. The number of para-hydroxylation sites is 1. The lowest BCUT2D eigenvalue weighted by atomic mass is 10.3. The Balaban J connectivity index is 2.34. The number of benzene rings is 1. The summed E-state index contributed by atoms with van der Waals surface area (Å²) >= 11 is 5.28. The minimum absolute atomic E-state index is 0.294. The van der Waals surface area contributed by atoms with Crippen molar-refractivity contribution < 1.29 is 4.74 Å². The quantitative estimate of drug-likeness (QED) is 0.818. The van der Waals surface area contributed by atoms with Crippen molar-refractivity contribution in [1.29, 1.82) is 0 Å². The van der Waals surface area contributed by atoms with Crippen molar-refractivity contribution in [2.45, 2.75) is 39.7 Å². The van der Waals surface area contributed by atoms with Crippen LogP contribution in [0.15, 0.2) is 47.6 Å². The van der Waals surface area contributed by atoms with Gasteiger partial charge in [-0.15, -0.1) is 0 Å². The summed E-state index contributed by atoms with van der Waals surface area (Å²) in [6, 6.07) is 12.0. The van der Waals surface area contributed by atoms with E-state index in [4.69, 9.17) is 17.0 Å². The predicted octanol–water partition coefficient (Wildman–Crippen LogP) is 3.23. The minimum Gasteiger partial charge on any atom is -0.478 e. The molecule has 1 N–H and O–H groups in total. The molecular formula is C18H24N4OS. The number of rotatable bonds is 6. The molecule has 2 aromatic rings. The van der Waals surface area contributed by atoms with Crippen molar-refractivity contribution in [3.8, 4) is 11.6 Å². The molecule has 0 saturated heterocycles. The van der Waals surface area contributed by atoms with E-state index < -0.39 is 0 Å². The molecule has 0 fully saturated rings. The van der Waals surface area contributed by atoms with Gasteiger partial charge >= 0.3 is 0 Å². The fourth-order valence-corrected chi connectivity index (χ4v) is 2.30. The zero-order valence-electron chi connectivity index (χ0n) is 14.4. The van der Waals surface area contributed by atoms with Crippen LogP contribution in [0.25, 0.3) is 5.69 Å². The molecule has 128 valence electrons. The van der Waals surface area contributed by atoms with Gasteiger partial charge in [0.2, 0.25) is 5.88 Å². The van der Waals surface area contributed by atoms with Gasteiger partial charge in [0.1, 0.15) is 0 Å². The van der Waals surface area contributed by atoms with Crippen LogP contribution < -0.4 is 15.4 Å². The molecule has 0 saturated carbocycles. The highest BCUT2D eigenvalue weighted by Gasteiger charge is 2.06. The van der Waals surface area contributed by atoms with Crippen LogP contribution >= 0.6 is 12.2 Å². The highest BCUT2D eigenvalue weighted by Crippen LogP contribution is 2.14. The molecule has 1 atom stereocenters. The van der Waals surface area contributed by atoms with Crippen LogP contribution in [0.5, 0.6) is 5.88 Å². The highest BCUT2D eigenvalue weighted by atomic mass is 32.1. The molecule has 5 nitrogen and oxygen atoms in total. The Morgan fingerprint density at radius 3 is 2.75 bits per heavy atom. The molecule has 0 bridgehead atoms. The molecule has 1 aromatic heterocycles. The zero-order valence-corrected chi connectivity index (χ0v) is 15.2.